The molecule has 2 N–H and O–H groups in total. The third kappa shape index (κ3) is 2.29. The average molecular weight is 256 g/mol. The van der Waals surface area contributed by atoms with Crippen molar-refractivity contribution in [3.63, 3.8) is 0 Å². The summed E-state index contributed by atoms with van der Waals surface area (Å²) in [4.78, 5) is 13.2. The highest BCUT2D eigenvalue weighted by Crippen LogP contribution is 2.35. The van der Waals surface area contributed by atoms with E-state index < -0.39 is 0 Å². The van der Waals surface area contributed by atoms with Crippen LogP contribution >= 0.6 is 0 Å². The van der Waals surface area contributed by atoms with Crippen LogP contribution in [0, 0.1) is 0 Å². The number of hydrogen-bond donors (Lipinski definition) is 1. The summed E-state index contributed by atoms with van der Waals surface area (Å²) in [5.74, 6) is 1.33. The summed E-state index contributed by atoms with van der Waals surface area (Å²) in [7, 11) is 1.62. The Labute approximate surface area is 111 Å². The van der Waals surface area contributed by atoms with Gasteiger partial charge in [0.2, 0.25) is 0 Å². The summed E-state index contributed by atoms with van der Waals surface area (Å²) >= 11 is 0. The molecule has 1 aliphatic rings. The topological polar surface area (TPSA) is 73.9 Å². The quantitative estimate of drug-likeness (QED) is 0.904. The smallest absolute Gasteiger partial charge is 0.156 e. The van der Waals surface area contributed by atoms with E-state index in [1.165, 1.54) is 5.56 Å². The van der Waals surface area contributed by atoms with Gasteiger partial charge in [-0.1, -0.05) is 6.07 Å². The minimum absolute atomic E-state index is 0.220. The Morgan fingerprint density at radius 3 is 3.16 bits per heavy atom. The third-order valence-electron chi connectivity index (χ3n) is 3.40. The summed E-state index contributed by atoms with van der Waals surface area (Å²) in [6, 6.07) is 5.95. The van der Waals surface area contributed by atoms with E-state index in [0.717, 1.165) is 24.2 Å². The number of anilines is 1. The van der Waals surface area contributed by atoms with Crippen LogP contribution in [0.4, 0.5) is 5.82 Å². The number of aromatic nitrogens is 3. The van der Waals surface area contributed by atoms with Gasteiger partial charge in [-0.3, -0.25) is 4.98 Å². The summed E-state index contributed by atoms with van der Waals surface area (Å²) in [6.07, 6.45) is 3.89. The molecule has 2 heterocycles. The van der Waals surface area contributed by atoms with Crippen molar-refractivity contribution in [3.05, 3.63) is 47.2 Å². The van der Waals surface area contributed by atoms with Crippen LogP contribution in [0.3, 0.4) is 0 Å². The molecule has 0 bridgehead atoms. The minimum Gasteiger partial charge on any atom is -0.384 e. The Morgan fingerprint density at radius 1 is 1.42 bits per heavy atom. The van der Waals surface area contributed by atoms with Crippen LogP contribution in [-0.2, 0) is 17.8 Å². The number of pyridine rings is 1. The fraction of sp³-hybridized carbons (Fsp3) is 0.357. The third-order valence-corrected chi connectivity index (χ3v) is 3.40. The van der Waals surface area contributed by atoms with Gasteiger partial charge >= 0.3 is 0 Å². The first-order valence-electron chi connectivity index (χ1n) is 6.34. The molecule has 1 atom stereocenters. The Hall–Kier alpha value is -2.01. The lowest BCUT2D eigenvalue weighted by molar-refractivity contribution is 0.177. The summed E-state index contributed by atoms with van der Waals surface area (Å²) < 4.78 is 5.07. The molecule has 0 saturated heterocycles. The van der Waals surface area contributed by atoms with E-state index in [1.807, 2.05) is 18.3 Å². The van der Waals surface area contributed by atoms with Crippen molar-refractivity contribution in [1.29, 1.82) is 0 Å². The maximum atomic E-state index is 5.85. The van der Waals surface area contributed by atoms with Crippen molar-refractivity contribution in [2.24, 2.45) is 0 Å². The van der Waals surface area contributed by atoms with Gasteiger partial charge in [-0.25, -0.2) is 9.97 Å². The molecule has 0 aliphatic heterocycles. The lowest BCUT2D eigenvalue weighted by Crippen LogP contribution is -2.08. The van der Waals surface area contributed by atoms with Crippen LogP contribution in [0.1, 0.15) is 35.1 Å². The Morgan fingerprint density at radius 2 is 2.32 bits per heavy atom. The van der Waals surface area contributed by atoms with Gasteiger partial charge in [-0.2, -0.15) is 0 Å². The van der Waals surface area contributed by atoms with E-state index in [1.54, 1.807) is 7.11 Å². The van der Waals surface area contributed by atoms with E-state index in [9.17, 15) is 0 Å². The second-order valence-corrected chi connectivity index (χ2v) is 4.71. The van der Waals surface area contributed by atoms with Gasteiger partial charge < -0.3 is 10.5 Å². The van der Waals surface area contributed by atoms with Crippen molar-refractivity contribution in [3.8, 4) is 0 Å². The van der Waals surface area contributed by atoms with Crippen LogP contribution in [0.25, 0.3) is 0 Å². The first-order chi connectivity index (χ1) is 9.28. The van der Waals surface area contributed by atoms with Crippen LogP contribution in [0.5, 0.6) is 0 Å². The molecule has 0 amide bonds. The first-order valence-corrected chi connectivity index (χ1v) is 6.34. The first kappa shape index (κ1) is 12.0. The molecule has 2 aromatic rings. The average Bonchev–Trinajstić information content (AvgIpc) is 2.82. The number of nitrogen functional groups attached to an aromatic ring is 1. The predicted molar refractivity (Wildman–Crippen MR) is 71.6 cm³/mol. The van der Waals surface area contributed by atoms with E-state index in [-0.39, 0.29) is 5.92 Å². The van der Waals surface area contributed by atoms with Gasteiger partial charge in [0.1, 0.15) is 12.4 Å². The molecule has 3 rings (SSSR count). The maximum Gasteiger partial charge on any atom is 0.156 e. The summed E-state index contributed by atoms with van der Waals surface area (Å²) in [5.41, 5.74) is 9.21. The van der Waals surface area contributed by atoms with E-state index in [4.69, 9.17) is 10.5 Å². The zero-order chi connectivity index (χ0) is 13.2. The second-order valence-electron chi connectivity index (χ2n) is 4.71. The molecule has 2 aromatic heterocycles. The van der Waals surface area contributed by atoms with Crippen LogP contribution < -0.4 is 5.73 Å². The molecule has 0 saturated carbocycles. The highest BCUT2D eigenvalue weighted by molar-refractivity contribution is 5.39. The van der Waals surface area contributed by atoms with Gasteiger partial charge in [-0.05, 0) is 24.5 Å². The highest BCUT2D eigenvalue weighted by atomic mass is 16.5. The maximum absolute atomic E-state index is 5.85. The highest BCUT2D eigenvalue weighted by Gasteiger charge is 2.26. The molecule has 98 valence electrons. The minimum atomic E-state index is 0.220. The fourth-order valence-electron chi connectivity index (χ4n) is 2.61. The second kappa shape index (κ2) is 4.93. The Balaban J connectivity index is 1.99. The Bertz CT molecular complexity index is 600. The molecule has 5 heteroatoms. The fourth-order valence-corrected chi connectivity index (χ4v) is 2.61. The predicted octanol–water partition coefficient (Wildman–Crippen LogP) is 1.68. The van der Waals surface area contributed by atoms with Gasteiger partial charge in [0.25, 0.3) is 0 Å². The zero-order valence-electron chi connectivity index (χ0n) is 10.8. The number of nitrogens with zero attached hydrogens (tertiary/aromatic N) is 3. The molecular weight excluding hydrogens is 240 g/mol. The van der Waals surface area contributed by atoms with Crippen LogP contribution in [-0.4, -0.2) is 22.1 Å². The van der Waals surface area contributed by atoms with Crippen molar-refractivity contribution in [2.45, 2.75) is 25.4 Å². The van der Waals surface area contributed by atoms with Crippen molar-refractivity contribution in [2.75, 3.05) is 12.8 Å². The molecule has 1 aliphatic carbocycles. The lowest BCUT2D eigenvalue weighted by atomic mass is 10.0. The summed E-state index contributed by atoms with van der Waals surface area (Å²) in [5, 5.41) is 0. The summed E-state index contributed by atoms with van der Waals surface area (Å²) in [6.45, 7) is 0.375. The van der Waals surface area contributed by atoms with Gasteiger partial charge in [-0.15, -0.1) is 0 Å². The van der Waals surface area contributed by atoms with Crippen molar-refractivity contribution in [1.82, 2.24) is 15.0 Å². The molecule has 0 aromatic carbocycles. The number of methoxy groups -OCH3 is 1. The SMILES string of the molecule is COCc1nc(N)cc(C2CCc3cccnc32)n1. The number of nitrogens with two attached hydrogens (primary N) is 1. The normalized spacial score (nSPS) is 17.4. The number of ether oxygens (including phenoxy) is 1. The largest absolute Gasteiger partial charge is 0.384 e. The standard InChI is InChI=1S/C14H16N4O/c1-19-8-13-17-11(7-12(15)18-13)10-5-4-9-3-2-6-16-14(9)10/h2-3,6-7,10H,4-5,8H2,1H3,(H2,15,17,18). The van der Waals surface area contributed by atoms with Crippen molar-refractivity contribution >= 4 is 5.82 Å². The molecular formula is C14H16N4O. The molecule has 0 fully saturated rings. The van der Waals surface area contributed by atoms with Crippen LogP contribution in [0.15, 0.2) is 24.4 Å². The Kier molecular flexibility index (Phi) is 3.13. The molecule has 1 unspecified atom stereocenters. The zero-order valence-corrected chi connectivity index (χ0v) is 10.8. The lowest BCUT2D eigenvalue weighted by Gasteiger charge is -2.12. The number of fused-ring (bicyclic) bond motifs is 1. The molecule has 0 radical (unpaired) electrons. The molecule has 5 nitrogen and oxygen atoms in total. The number of aryl methyl sites for hydroxylation is 1. The van der Waals surface area contributed by atoms with E-state index in [2.05, 4.69) is 21.0 Å². The van der Waals surface area contributed by atoms with E-state index >= 15 is 0 Å². The number of rotatable bonds is 3. The van der Waals surface area contributed by atoms with Crippen molar-refractivity contribution < 1.29 is 4.74 Å². The number of hydrogen-bond acceptors (Lipinski definition) is 5. The van der Waals surface area contributed by atoms with E-state index in [0.29, 0.717) is 18.2 Å². The molecule has 19 heavy (non-hydrogen) atoms. The van der Waals surface area contributed by atoms with Gasteiger partial charge in [0, 0.05) is 25.3 Å². The molecule has 0 spiro atoms. The van der Waals surface area contributed by atoms with Crippen LogP contribution in [0.2, 0.25) is 0 Å². The monoisotopic (exact) mass is 256 g/mol. The van der Waals surface area contributed by atoms with Gasteiger partial charge in [0.15, 0.2) is 5.82 Å². The van der Waals surface area contributed by atoms with Gasteiger partial charge in [0.05, 0.1) is 11.4 Å².